The zero-order chi connectivity index (χ0) is 10.9. The van der Waals surface area contributed by atoms with Crippen LogP contribution in [0.2, 0.25) is 0 Å². The minimum absolute atomic E-state index is 0.0320. The Kier molecular flexibility index (Phi) is 3.16. The molecule has 0 spiro atoms. The molecule has 0 atom stereocenters. The van der Waals surface area contributed by atoms with E-state index in [2.05, 4.69) is 46.4 Å². The lowest BCUT2D eigenvalue weighted by Crippen LogP contribution is -2.15. The average molecular weight is 279 g/mol. The smallest absolute Gasteiger partial charge is 0.381 e. The molecule has 0 aliphatic rings. The lowest BCUT2D eigenvalue weighted by molar-refractivity contribution is 0.210. The third-order valence-electron chi connectivity index (χ3n) is 1.44. The Bertz CT molecular complexity index is 357. The van der Waals surface area contributed by atoms with Crippen molar-refractivity contribution in [2.45, 2.75) is 26.2 Å². The molecule has 78 valence electrons. The topological polar surface area (TPSA) is 65.2 Å². The highest BCUT2D eigenvalue weighted by Gasteiger charge is 2.22. The van der Waals surface area contributed by atoms with Crippen LogP contribution in [0.25, 0.3) is 0 Å². The summed E-state index contributed by atoms with van der Waals surface area (Å²) in [5.41, 5.74) is 4.85. The third kappa shape index (κ3) is 2.68. The zero-order valence-corrected chi connectivity index (χ0v) is 10.5. The molecule has 14 heavy (non-hydrogen) atoms. The minimum Gasteiger partial charge on any atom is -0.381 e. The van der Waals surface area contributed by atoms with Gasteiger partial charge in [0.2, 0.25) is 0 Å². The molecule has 0 saturated carbocycles. The van der Waals surface area contributed by atoms with Gasteiger partial charge in [-0.1, -0.05) is 32.1 Å². The van der Waals surface area contributed by atoms with Crippen molar-refractivity contribution in [1.82, 2.24) is 4.98 Å². The highest BCUT2D eigenvalue weighted by Crippen LogP contribution is 2.37. The molecule has 1 heterocycles. The van der Waals surface area contributed by atoms with Gasteiger partial charge in [0, 0.05) is 4.88 Å². The summed E-state index contributed by atoms with van der Waals surface area (Å²) in [6, 6.07) is 0. The summed E-state index contributed by atoms with van der Waals surface area (Å²) >= 11 is 4.62. The normalized spacial score (nSPS) is 11.4. The zero-order valence-electron chi connectivity index (χ0n) is 8.13. The maximum absolute atomic E-state index is 10.5. The van der Waals surface area contributed by atoms with Crippen molar-refractivity contribution in [3.8, 4) is 5.19 Å². The fraction of sp³-hybridized carbons (Fsp3) is 0.500. The number of thiazole rings is 1. The molecule has 1 rings (SSSR count). The van der Waals surface area contributed by atoms with E-state index in [9.17, 15) is 4.79 Å². The van der Waals surface area contributed by atoms with Gasteiger partial charge in [0.05, 0.1) is 0 Å². The summed E-state index contributed by atoms with van der Waals surface area (Å²) in [5.74, 6) is 0. The first-order chi connectivity index (χ1) is 6.30. The number of nitrogens with zero attached hydrogens (tertiary/aromatic N) is 1. The molecular weight excluding hydrogens is 268 g/mol. The van der Waals surface area contributed by atoms with Crippen LogP contribution in [0.3, 0.4) is 0 Å². The van der Waals surface area contributed by atoms with E-state index in [1.165, 1.54) is 11.3 Å². The van der Waals surface area contributed by atoms with Crippen molar-refractivity contribution in [1.29, 1.82) is 0 Å². The largest absolute Gasteiger partial charge is 0.411 e. The highest BCUT2D eigenvalue weighted by molar-refractivity contribution is 9.10. The van der Waals surface area contributed by atoms with Gasteiger partial charge < -0.3 is 10.5 Å². The molecular formula is C8H11BrN2O2S. The monoisotopic (exact) mass is 278 g/mol. The van der Waals surface area contributed by atoms with Crippen molar-refractivity contribution in [3.05, 3.63) is 9.48 Å². The molecule has 0 fully saturated rings. The Morgan fingerprint density at radius 2 is 2.14 bits per heavy atom. The van der Waals surface area contributed by atoms with E-state index in [1.54, 1.807) is 0 Å². The molecule has 1 aromatic rings. The minimum atomic E-state index is -0.841. The molecule has 0 radical (unpaired) electrons. The van der Waals surface area contributed by atoms with Crippen LogP contribution >= 0.6 is 27.3 Å². The molecule has 0 bridgehead atoms. The maximum atomic E-state index is 10.5. The van der Waals surface area contributed by atoms with E-state index in [1.807, 2.05) is 0 Å². The van der Waals surface area contributed by atoms with Crippen molar-refractivity contribution in [2.24, 2.45) is 5.73 Å². The van der Waals surface area contributed by atoms with Crippen molar-refractivity contribution in [2.75, 3.05) is 0 Å². The molecule has 0 saturated heterocycles. The van der Waals surface area contributed by atoms with Crippen molar-refractivity contribution in [3.63, 3.8) is 0 Å². The number of amides is 1. The van der Waals surface area contributed by atoms with Crippen LogP contribution in [0.1, 0.15) is 25.6 Å². The number of rotatable bonds is 1. The quantitative estimate of drug-likeness (QED) is 0.859. The van der Waals surface area contributed by atoms with Gasteiger partial charge in [-0.05, 0) is 21.3 Å². The lowest BCUT2D eigenvalue weighted by atomic mass is 9.96. The van der Waals surface area contributed by atoms with Crippen LogP contribution in [0.15, 0.2) is 4.60 Å². The Morgan fingerprint density at radius 3 is 2.50 bits per heavy atom. The fourth-order valence-electron chi connectivity index (χ4n) is 0.875. The summed E-state index contributed by atoms with van der Waals surface area (Å²) in [7, 11) is 0. The van der Waals surface area contributed by atoms with E-state index >= 15 is 0 Å². The molecule has 0 aliphatic heterocycles. The fourth-order valence-corrected chi connectivity index (χ4v) is 2.86. The Balaban J connectivity index is 2.99. The highest BCUT2D eigenvalue weighted by atomic mass is 79.9. The van der Waals surface area contributed by atoms with E-state index in [-0.39, 0.29) is 10.6 Å². The molecule has 0 aromatic carbocycles. The number of ether oxygens (including phenoxy) is 1. The van der Waals surface area contributed by atoms with Gasteiger partial charge in [-0.2, -0.15) is 4.98 Å². The molecule has 4 nitrogen and oxygen atoms in total. The second kappa shape index (κ2) is 3.86. The summed E-state index contributed by atoms with van der Waals surface area (Å²) in [6.07, 6.45) is -0.841. The molecule has 6 heteroatoms. The van der Waals surface area contributed by atoms with Crippen molar-refractivity contribution >= 4 is 33.4 Å². The third-order valence-corrected chi connectivity index (χ3v) is 3.63. The number of primary amides is 1. The van der Waals surface area contributed by atoms with Crippen LogP contribution in [-0.4, -0.2) is 11.1 Å². The van der Waals surface area contributed by atoms with Gasteiger partial charge in [-0.3, -0.25) is 0 Å². The molecule has 1 aromatic heterocycles. The van der Waals surface area contributed by atoms with E-state index in [0.29, 0.717) is 4.60 Å². The number of halogens is 1. The van der Waals surface area contributed by atoms with Crippen LogP contribution in [0.4, 0.5) is 4.79 Å². The van der Waals surface area contributed by atoms with Gasteiger partial charge in [-0.15, -0.1) is 0 Å². The van der Waals surface area contributed by atoms with Crippen LogP contribution in [0, 0.1) is 0 Å². The average Bonchev–Trinajstić information content (AvgIpc) is 2.27. The summed E-state index contributed by atoms with van der Waals surface area (Å²) in [5, 5.41) is 0.273. The number of hydrogen-bond donors (Lipinski definition) is 1. The second-order valence-corrected chi connectivity index (χ2v) is 5.48. The van der Waals surface area contributed by atoms with Crippen LogP contribution < -0.4 is 10.5 Å². The van der Waals surface area contributed by atoms with Gasteiger partial charge >= 0.3 is 6.09 Å². The van der Waals surface area contributed by atoms with Crippen LogP contribution in [0.5, 0.6) is 5.19 Å². The maximum Gasteiger partial charge on any atom is 0.411 e. The SMILES string of the molecule is CC(C)(C)c1sc(OC(N)=O)nc1Br. The van der Waals surface area contributed by atoms with Gasteiger partial charge in [0.1, 0.15) is 4.60 Å². The second-order valence-electron chi connectivity index (χ2n) is 3.77. The first-order valence-electron chi connectivity index (χ1n) is 3.95. The first kappa shape index (κ1) is 11.5. The number of aromatic nitrogens is 1. The standard InChI is InChI=1S/C8H11BrN2O2S/c1-8(2,3)4-5(9)11-7(14-4)13-6(10)12/h1-3H3,(H2,10,12). The number of nitrogens with two attached hydrogens (primary N) is 1. The summed E-state index contributed by atoms with van der Waals surface area (Å²) in [6.45, 7) is 6.16. The van der Waals surface area contributed by atoms with Crippen LogP contribution in [-0.2, 0) is 5.41 Å². The van der Waals surface area contributed by atoms with Crippen molar-refractivity contribution < 1.29 is 9.53 Å². The summed E-state index contributed by atoms with van der Waals surface area (Å²) in [4.78, 5) is 15.5. The Labute approximate surface area is 94.6 Å². The van der Waals surface area contributed by atoms with Gasteiger partial charge in [0.15, 0.2) is 0 Å². The van der Waals surface area contributed by atoms with E-state index in [4.69, 9.17) is 5.73 Å². The number of hydrogen-bond acceptors (Lipinski definition) is 4. The molecule has 0 unspecified atom stereocenters. The predicted molar refractivity (Wildman–Crippen MR) is 58.7 cm³/mol. The van der Waals surface area contributed by atoms with Gasteiger partial charge in [-0.25, -0.2) is 4.79 Å². The summed E-state index contributed by atoms with van der Waals surface area (Å²) < 4.78 is 5.39. The molecule has 1 amide bonds. The molecule has 2 N–H and O–H groups in total. The number of carbonyl (C=O) groups is 1. The number of carbonyl (C=O) groups excluding carboxylic acids is 1. The predicted octanol–water partition coefficient (Wildman–Crippen LogP) is 2.66. The van der Waals surface area contributed by atoms with E-state index in [0.717, 1.165) is 4.88 Å². The van der Waals surface area contributed by atoms with E-state index < -0.39 is 6.09 Å². The first-order valence-corrected chi connectivity index (χ1v) is 5.55. The van der Waals surface area contributed by atoms with Gasteiger partial charge in [0.25, 0.3) is 5.19 Å². The molecule has 0 aliphatic carbocycles. The Hall–Kier alpha value is -0.620. The Morgan fingerprint density at radius 1 is 1.57 bits per heavy atom. The lowest BCUT2D eigenvalue weighted by Gasteiger charge is -2.15.